The van der Waals surface area contributed by atoms with Crippen molar-refractivity contribution in [1.29, 1.82) is 0 Å². The number of nitrogens with zero attached hydrogens (tertiary/aromatic N) is 1. The number of carbonyl (C=O) groups is 1. The van der Waals surface area contributed by atoms with Crippen LogP contribution in [0, 0.1) is 0 Å². The minimum atomic E-state index is -0.0197. The van der Waals surface area contributed by atoms with Gasteiger partial charge in [-0.25, -0.2) is 0 Å². The smallest absolute Gasteiger partial charge is 0.220 e. The molecule has 0 aromatic rings. The van der Waals surface area contributed by atoms with Crippen molar-refractivity contribution in [2.75, 3.05) is 19.6 Å². The lowest BCUT2D eigenvalue weighted by Gasteiger charge is -2.45. The van der Waals surface area contributed by atoms with Crippen LogP contribution in [0.5, 0.6) is 0 Å². The molecular weight excluding hydrogens is 240 g/mol. The van der Waals surface area contributed by atoms with E-state index in [1.165, 1.54) is 0 Å². The quantitative estimate of drug-likeness (QED) is 0.804. The number of unbranched alkanes of at least 4 members (excludes halogenated alkanes) is 1. The van der Waals surface area contributed by atoms with Crippen molar-refractivity contribution < 1.29 is 9.53 Å². The number of carbonyl (C=O) groups excluding carboxylic acids is 1. The van der Waals surface area contributed by atoms with Gasteiger partial charge in [0.25, 0.3) is 0 Å². The van der Waals surface area contributed by atoms with Crippen molar-refractivity contribution in [3.05, 3.63) is 0 Å². The van der Waals surface area contributed by atoms with Crippen LogP contribution in [0.2, 0.25) is 0 Å². The molecule has 0 saturated carbocycles. The van der Waals surface area contributed by atoms with Crippen LogP contribution in [0.25, 0.3) is 0 Å². The molecule has 1 amide bonds. The highest BCUT2D eigenvalue weighted by atomic mass is 16.5. The molecule has 112 valence electrons. The van der Waals surface area contributed by atoms with E-state index in [4.69, 9.17) is 4.74 Å². The van der Waals surface area contributed by atoms with Crippen LogP contribution in [0.15, 0.2) is 0 Å². The van der Waals surface area contributed by atoms with Gasteiger partial charge in [0.15, 0.2) is 0 Å². The van der Waals surface area contributed by atoms with Crippen LogP contribution >= 0.6 is 0 Å². The lowest BCUT2D eigenvalue weighted by Crippen LogP contribution is -2.58. The van der Waals surface area contributed by atoms with Crippen LogP contribution in [0.3, 0.4) is 0 Å². The second-order valence-electron chi connectivity index (χ2n) is 6.36. The number of nitrogens with one attached hydrogen (secondary N) is 1. The van der Waals surface area contributed by atoms with E-state index in [0.29, 0.717) is 13.0 Å². The fraction of sp³-hybridized carbons (Fsp3) is 0.933. The van der Waals surface area contributed by atoms with Gasteiger partial charge < -0.3 is 10.1 Å². The average molecular weight is 270 g/mol. The van der Waals surface area contributed by atoms with Crippen LogP contribution in [0.4, 0.5) is 0 Å². The molecule has 0 bridgehead atoms. The molecule has 2 unspecified atom stereocenters. The Balaban J connectivity index is 2.43. The molecule has 4 heteroatoms. The maximum atomic E-state index is 11.7. The zero-order valence-electron chi connectivity index (χ0n) is 13.2. The summed E-state index contributed by atoms with van der Waals surface area (Å²) in [6, 6.07) is 0. The maximum absolute atomic E-state index is 11.7. The van der Waals surface area contributed by atoms with Gasteiger partial charge in [-0.3, -0.25) is 9.69 Å². The summed E-state index contributed by atoms with van der Waals surface area (Å²) in [6.45, 7) is 13.3. The summed E-state index contributed by atoms with van der Waals surface area (Å²) < 4.78 is 5.76. The molecule has 19 heavy (non-hydrogen) atoms. The lowest BCUT2D eigenvalue weighted by molar-refractivity contribution is -0.123. The zero-order chi connectivity index (χ0) is 14.5. The van der Waals surface area contributed by atoms with Crippen molar-refractivity contribution in [3.63, 3.8) is 0 Å². The molecule has 0 aromatic heterocycles. The van der Waals surface area contributed by atoms with Crippen molar-refractivity contribution in [1.82, 2.24) is 10.2 Å². The molecule has 1 rings (SSSR count). The molecule has 0 aliphatic carbocycles. The molecule has 1 fully saturated rings. The largest absolute Gasteiger partial charge is 0.373 e. The Labute approximate surface area is 117 Å². The van der Waals surface area contributed by atoms with E-state index in [9.17, 15) is 4.79 Å². The molecule has 1 heterocycles. The van der Waals surface area contributed by atoms with E-state index in [0.717, 1.165) is 25.9 Å². The van der Waals surface area contributed by atoms with E-state index in [1.54, 1.807) is 0 Å². The second-order valence-corrected chi connectivity index (χ2v) is 6.36. The van der Waals surface area contributed by atoms with Gasteiger partial charge in [-0.1, -0.05) is 13.3 Å². The first-order valence-corrected chi connectivity index (χ1v) is 7.52. The minimum Gasteiger partial charge on any atom is -0.373 e. The highest BCUT2D eigenvalue weighted by Gasteiger charge is 2.33. The summed E-state index contributed by atoms with van der Waals surface area (Å²) in [5, 5.41) is 3.06. The van der Waals surface area contributed by atoms with Crippen molar-refractivity contribution in [3.8, 4) is 0 Å². The van der Waals surface area contributed by atoms with Gasteiger partial charge in [-0.15, -0.1) is 0 Å². The van der Waals surface area contributed by atoms with Crippen LogP contribution in [-0.2, 0) is 9.53 Å². The number of morpholine rings is 1. The van der Waals surface area contributed by atoms with Gasteiger partial charge in [0.1, 0.15) is 0 Å². The summed E-state index contributed by atoms with van der Waals surface area (Å²) in [6.07, 6.45) is 3.20. The first kappa shape index (κ1) is 16.4. The third-order valence-corrected chi connectivity index (χ3v) is 3.75. The molecule has 0 spiro atoms. The predicted molar refractivity (Wildman–Crippen MR) is 78.2 cm³/mol. The monoisotopic (exact) mass is 270 g/mol. The summed E-state index contributed by atoms with van der Waals surface area (Å²) in [5.41, 5.74) is -0.0197. The van der Waals surface area contributed by atoms with E-state index in [-0.39, 0.29) is 23.7 Å². The predicted octanol–water partition coefficient (Wildman–Crippen LogP) is 2.18. The SMILES string of the molecule is CCCCC(=O)NCC(C)(C)N1CC(C)OC(C)C1. The summed E-state index contributed by atoms with van der Waals surface area (Å²) >= 11 is 0. The molecule has 4 nitrogen and oxygen atoms in total. The second kappa shape index (κ2) is 7.25. The Morgan fingerprint density at radius 3 is 2.42 bits per heavy atom. The van der Waals surface area contributed by atoms with E-state index in [2.05, 4.69) is 44.8 Å². The summed E-state index contributed by atoms with van der Waals surface area (Å²) in [4.78, 5) is 14.1. The Bertz CT molecular complexity index is 282. The highest BCUT2D eigenvalue weighted by molar-refractivity contribution is 5.75. The molecule has 2 atom stereocenters. The van der Waals surface area contributed by atoms with E-state index >= 15 is 0 Å². The molecule has 1 aliphatic rings. The molecular formula is C15H30N2O2. The maximum Gasteiger partial charge on any atom is 0.220 e. The average Bonchev–Trinajstić information content (AvgIpc) is 2.32. The Hall–Kier alpha value is -0.610. The van der Waals surface area contributed by atoms with Gasteiger partial charge in [0, 0.05) is 31.6 Å². The number of hydrogen-bond acceptors (Lipinski definition) is 3. The zero-order valence-corrected chi connectivity index (χ0v) is 13.2. The molecule has 1 N–H and O–H groups in total. The fourth-order valence-corrected chi connectivity index (χ4v) is 2.52. The van der Waals surface area contributed by atoms with Crippen LogP contribution in [0.1, 0.15) is 53.9 Å². The summed E-state index contributed by atoms with van der Waals surface area (Å²) in [7, 11) is 0. The molecule has 0 aromatic carbocycles. The fourth-order valence-electron chi connectivity index (χ4n) is 2.52. The van der Waals surface area contributed by atoms with E-state index in [1.807, 2.05) is 0 Å². The first-order chi connectivity index (χ1) is 8.85. The van der Waals surface area contributed by atoms with Gasteiger partial charge in [0.2, 0.25) is 5.91 Å². The minimum absolute atomic E-state index is 0.0197. The normalized spacial score (nSPS) is 25.3. The molecule has 1 saturated heterocycles. The summed E-state index contributed by atoms with van der Waals surface area (Å²) in [5.74, 6) is 0.171. The lowest BCUT2D eigenvalue weighted by atomic mass is 10.00. The third kappa shape index (κ3) is 5.49. The van der Waals surface area contributed by atoms with Crippen LogP contribution in [-0.4, -0.2) is 48.2 Å². The number of ether oxygens (including phenoxy) is 1. The van der Waals surface area contributed by atoms with Crippen LogP contribution < -0.4 is 5.32 Å². The Kier molecular flexibility index (Phi) is 6.27. The van der Waals surface area contributed by atoms with Crippen molar-refractivity contribution in [2.24, 2.45) is 0 Å². The van der Waals surface area contributed by atoms with Crippen molar-refractivity contribution in [2.45, 2.75) is 71.6 Å². The van der Waals surface area contributed by atoms with Gasteiger partial charge >= 0.3 is 0 Å². The highest BCUT2D eigenvalue weighted by Crippen LogP contribution is 2.20. The molecule has 1 aliphatic heterocycles. The van der Waals surface area contributed by atoms with Gasteiger partial charge in [0.05, 0.1) is 12.2 Å². The Morgan fingerprint density at radius 2 is 1.89 bits per heavy atom. The van der Waals surface area contributed by atoms with Crippen molar-refractivity contribution >= 4 is 5.91 Å². The van der Waals surface area contributed by atoms with Gasteiger partial charge in [-0.05, 0) is 34.1 Å². The standard InChI is InChI=1S/C15H30N2O2/c1-6-7-8-14(18)16-11-15(4,5)17-9-12(2)19-13(3)10-17/h12-13H,6-11H2,1-5H3,(H,16,18). The molecule has 0 radical (unpaired) electrons. The van der Waals surface area contributed by atoms with E-state index < -0.39 is 0 Å². The van der Waals surface area contributed by atoms with Gasteiger partial charge in [-0.2, -0.15) is 0 Å². The first-order valence-electron chi connectivity index (χ1n) is 7.52. The Morgan fingerprint density at radius 1 is 1.32 bits per heavy atom. The number of rotatable bonds is 6. The number of amides is 1. The number of hydrogen-bond donors (Lipinski definition) is 1. The topological polar surface area (TPSA) is 41.6 Å². The third-order valence-electron chi connectivity index (χ3n) is 3.75.